The highest BCUT2D eigenvalue weighted by molar-refractivity contribution is 5.93. The number of nitrogens with one attached hydrogen (secondary N) is 1. The molecule has 0 aliphatic rings. The van der Waals surface area contributed by atoms with Crippen LogP contribution >= 0.6 is 0 Å². The molecule has 0 spiro atoms. The molecule has 1 aromatic heterocycles. The van der Waals surface area contributed by atoms with E-state index in [2.05, 4.69) is 5.32 Å². The molecule has 0 atom stereocenters. The van der Waals surface area contributed by atoms with E-state index in [1.54, 1.807) is 23.8 Å². The Balaban J connectivity index is 2.43. The molecule has 0 bridgehead atoms. The summed E-state index contributed by atoms with van der Waals surface area (Å²) in [7, 11) is 3.11. The molecule has 21 heavy (non-hydrogen) atoms. The lowest BCUT2D eigenvalue weighted by atomic mass is 10.2. The lowest BCUT2D eigenvalue weighted by molar-refractivity contribution is 0.0961. The minimum atomic E-state index is -0.376. The maximum atomic E-state index is 12.4. The standard InChI is InChI=1S/C16H18N2O3/c1-11-7-8-14(15(19)17-2)16(20)18(11)10-12-5-4-6-13(9-12)21-3/h4-9H,10H2,1-3H3,(H,17,19). The number of carbonyl (C=O) groups is 1. The van der Waals surface area contributed by atoms with Crippen LogP contribution < -0.4 is 15.6 Å². The quantitative estimate of drug-likeness (QED) is 0.928. The van der Waals surface area contributed by atoms with Gasteiger partial charge >= 0.3 is 0 Å². The summed E-state index contributed by atoms with van der Waals surface area (Å²) in [6.45, 7) is 2.24. The van der Waals surface area contributed by atoms with Crippen molar-refractivity contribution in [3.05, 3.63) is 63.6 Å². The van der Waals surface area contributed by atoms with Gasteiger partial charge in [0.15, 0.2) is 0 Å². The van der Waals surface area contributed by atoms with E-state index < -0.39 is 0 Å². The maximum absolute atomic E-state index is 12.4. The van der Waals surface area contributed by atoms with Crippen molar-refractivity contribution < 1.29 is 9.53 Å². The van der Waals surface area contributed by atoms with Crippen molar-refractivity contribution in [2.75, 3.05) is 14.2 Å². The molecule has 1 amide bonds. The SMILES string of the molecule is CNC(=O)c1ccc(C)n(Cc2cccc(OC)c2)c1=O. The van der Waals surface area contributed by atoms with E-state index in [0.717, 1.165) is 17.0 Å². The third-order valence-electron chi connectivity index (χ3n) is 3.34. The normalized spacial score (nSPS) is 10.2. The monoisotopic (exact) mass is 286 g/mol. The lowest BCUT2D eigenvalue weighted by Gasteiger charge is -2.12. The molecule has 5 heteroatoms. The van der Waals surface area contributed by atoms with Gasteiger partial charge in [0.2, 0.25) is 0 Å². The molecule has 0 unspecified atom stereocenters. The number of aryl methyl sites for hydroxylation is 1. The molecule has 2 aromatic rings. The molecular weight excluding hydrogens is 268 g/mol. The summed E-state index contributed by atoms with van der Waals surface area (Å²) in [4.78, 5) is 24.1. The first-order valence-corrected chi connectivity index (χ1v) is 6.62. The molecule has 110 valence electrons. The van der Waals surface area contributed by atoms with Crippen LogP contribution in [0.1, 0.15) is 21.6 Å². The predicted octanol–water partition coefficient (Wildman–Crippen LogP) is 1.57. The number of ether oxygens (including phenoxy) is 1. The Morgan fingerprint density at radius 2 is 2.05 bits per heavy atom. The summed E-state index contributed by atoms with van der Waals surface area (Å²) in [6.07, 6.45) is 0. The molecule has 1 heterocycles. The Labute approximate surface area is 123 Å². The third-order valence-corrected chi connectivity index (χ3v) is 3.34. The van der Waals surface area contributed by atoms with Crippen LogP contribution in [-0.2, 0) is 6.54 Å². The number of methoxy groups -OCH3 is 1. The van der Waals surface area contributed by atoms with E-state index in [1.165, 1.54) is 7.05 Å². The maximum Gasteiger partial charge on any atom is 0.263 e. The molecule has 0 aliphatic carbocycles. The highest BCUT2D eigenvalue weighted by Crippen LogP contribution is 2.14. The van der Waals surface area contributed by atoms with Crippen molar-refractivity contribution >= 4 is 5.91 Å². The van der Waals surface area contributed by atoms with Gasteiger partial charge in [0.1, 0.15) is 11.3 Å². The zero-order chi connectivity index (χ0) is 15.4. The van der Waals surface area contributed by atoms with Crippen molar-refractivity contribution in [1.82, 2.24) is 9.88 Å². The van der Waals surface area contributed by atoms with Gasteiger partial charge in [-0.25, -0.2) is 0 Å². The molecule has 5 nitrogen and oxygen atoms in total. The summed E-state index contributed by atoms with van der Waals surface area (Å²) in [6, 6.07) is 10.8. The number of pyridine rings is 1. The van der Waals surface area contributed by atoms with Gasteiger partial charge in [-0.2, -0.15) is 0 Å². The number of carbonyl (C=O) groups excluding carboxylic acids is 1. The zero-order valence-corrected chi connectivity index (χ0v) is 12.3. The van der Waals surface area contributed by atoms with Gasteiger partial charge < -0.3 is 14.6 Å². The first-order chi connectivity index (χ1) is 10.1. The Hall–Kier alpha value is -2.56. The van der Waals surface area contributed by atoms with Crippen LogP contribution in [0, 0.1) is 6.92 Å². The second-order valence-electron chi connectivity index (χ2n) is 4.71. The van der Waals surface area contributed by atoms with E-state index in [-0.39, 0.29) is 17.0 Å². The largest absolute Gasteiger partial charge is 0.497 e. The number of amides is 1. The Morgan fingerprint density at radius 3 is 2.71 bits per heavy atom. The van der Waals surface area contributed by atoms with E-state index in [4.69, 9.17) is 4.74 Å². The average molecular weight is 286 g/mol. The molecule has 0 aliphatic heterocycles. The fraction of sp³-hybridized carbons (Fsp3) is 0.250. The Kier molecular flexibility index (Phi) is 4.42. The molecule has 0 saturated carbocycles. The number of hydrogen-bond acceptors (Lipinski definition) is 3. The van der Waals surface area contributed by atoms with Crippen molar-refractivity contribution in [2.45, 2.75) is 13.5 Å². The molecular formula is C16H18N2O3. The third kappa shape index (κ3) is 3.13. The van der Waals surface area contributed by atoms with Crippen LogP contribution in [0.5, 0.6) is 5.75 Å². The molecule has 1 N–H and O–H groups in total. The topological polar surface area (TPSA) is 60.3 Å². The Morgan fingerprint density at radius 1 is 1.29 bits per heavy atom. The number of hydrogen-bond donors (Lipinski definition) is 1. The molecule has 2 rings (SSSR count). The fourth-order valence-electron chi connectivity index (χ4n) is 2.13. The smallest absolute Gasteiger partial charge is 0.263 e. The second kappa shape index (κ2) is 6.26. The van der Waals surface area contributed by atoms with Crippen molar-refractivity contribution in [2.24, 2.45) is 0 Å². The van der Waals surface area contributed by atoms with Gasteiger partial charge in [-0.3, -0.25) is 9.59 Å². The minimum Gasteiger partial charge on any atom is -0.497 e. The molecule has 0 radical (unpaired) electrons. The fourth-order valence-corrected chi connectivity index (χ4v) is 2.13. The minimum absolute atomic E-state index is 0.144. The highest BCUT2D eigenvalue weighted by atomic mass is 16.5. The van der Waals surface area contributed by atoms with Gasteiger partial charge in [0.05, 0.1) is 13.7 Å². The predicted molar refractivity (Wildman–Crippen MR) is 80.9 cm³/mol. The van der Waals surface area contributed by atoms with Gasteiger partial charge in [-0.1, -0.05) is 12.1 Å². The van der Waals surface area contributed by atoms with E-state index in [9.17, 15) is 9.59 Å². The van der Waals surface area contributed by atoms with Crippen LogP contribution in [0.3, 0.4) is 0 Å². The van der Waals surface area contributed by atoms with Crippen LogP contribution in [0.15, 0.2) is 41.2 Å². The first-order valence-electron chi connectivity index (χ1n) is 6.62. The van der Waals surface area contributed by atoms with E-state index >= 15 is 0 Å². The number of aromatic nitrogens is 1. The summed E-state index contributed by atoms with van der Waals surface area (Å²) in [5.74, 6) is 0.361. The van der Waals surface area contributed by atoms with Crippen LogP contribution in [0.2, 0.25) is 0 Å². The summed E-state index contributed by atoms with van der Waals surface area (Å²) >= 11 is 0. The van der Waals surface area contributed by atoms with E-state index in [1.807, 2.05) is 31.2 Å². The average Bonchev–Trinajstić information content (AvgIpc) is 2.51. The zero-order valence-electron chi connectivity index (χ0n) is 12.3. The summed E-state index contributed by atoms with van der Waals surface area (Å²) in [5, 5.41) is 2.48. The van der Waals surface area contributed by atoms with Gasteiger partial charge in [0, 0.05) is 12.7 Å². The summed E-state index contributed by atoms with van der Waals surface area (Å²) in [5.41, 5.74) is 1.59. The number of benzene rings is 1. The van der Waals surface area contributed by atoms with E-state index in [0.29, 0.717) is 6.54 Å². The van der Waals surface area contributed by atoms with Gasteiger partial charge in [-0.05, 0) is 36.8 Å². The van der Waals surface area contributed by atoms with Crippen LogP contribution in [-0.4, -0.2) is 24.6 Å². The Bertz CT molecular complexity index is 720. The molecule has 0 saturated heterocycles. The van der Waals surface area contributed by atoms with Crippen LogP contribution in [0.4, 0.5) is 0 Å². The number of nitrogens with zero attached hydrogens (tertiary/aromatic N) is 1. The first kappa shape index (κ1) is 14.8. The van der Waals surface area contributed by atoms with Gasteiger partial charge in [-0.15, -0.1) is 0 Å². The van der Waals surface area contributed by atoms with Crippen molar-refractivity contribution in [1.29, 1.82) is 0 Å². The number of rotatable bonds is 4. The van der Waals surface area contributed by atoms with Gasteiger partial charge in [0.25, 0.3) is 11.5 Å². The highest BCUT2D eigenvalue weighted by Gasteiger charge is 2.12. The molecule has 0 fully saturated rings. The van der Waals surface area contributed by atoms with Crippen LogP contribution in [0.25, 0.3) is 0 Å². The molecule has 1 aromatic carbocycles. The van der Waals surface area contributed by atoms with Crippen molar-refractivity contribution in [3.63, 3.8) is 0 Å². The second-order valence-corrected chi connectivity index (χ2v) is 4.71. The van der Waals surface area contributed by atoms with Crippen molar-refractivity contribution in [3.8, 4) is 5.75 Å². The lowest BCUT2D eigenvalue weighted by Crippen LogP contribution is -2.32. The summed E-state index contributed by atoms with van der Waals surface area (Å²) < 4.78 is 6.76.